The lowest BCUT2D eigenvalue weighted by atomic mass is 10.4. The second-order valence-corrected chi connectivity index (χ2v) is 3.81. The number of hydrogen-bond acceptors (Lipinski definition) is 8. The SMILES string of the molecule is CCOC(=O)c1nn(-c2cncc3nnnn23)cc1N. The molecular weight excluding hydrogens is 264 g/mol. The molecule has 0 atom stereocenters. The van der Waals surface area contributed by atoms with E-state index in [0.29, 0.717) is 11.5 Å². The van der Waals surface area contributed by atoms with Gasteiger partial charge in [-0.05, 0) is 17.4 Å². The maximum Gasteiger partial charge on any atom is 0.361 e. The first-order valence-electron chi connectivity index (χ1n) is 5.75. The number of tetrazole rings is 1. The summed E-state index contributed by atoms with van der Waals surface area (Å²) >= 11 is 0. The van der Waals surface area contributed by atoms with Crippen LogP contribution in [0.15, 0.2) is 18.6 Å². The summed E-state index contributed by atoms with van der Waals surface area (Å²) in [5, 5.41) is 15.2. The van der Waals surface area contributed by atoms with E-state index < -0.39 is 5.97 Å². The fourth-order valence-electron chi connectivity index (χ4n) is 1.68. The van der Waals surface area contributed by atoms with E-state index in [4.69, 9.17) is 10.5 Å². The molecule has 0 radical (unpaired) electrons. The Balaban J connectivity index is 2.09. The number of aromatic nitrogens is 7. The van der Waals surface area contributed by atoms with Gasteiger partial charge in [-0.3, -0.25) is 4.98 Å². The molecule has 3 heterocycles. The molecule has 0 aliphatic heterocycles. The zero-order valence-corrected chi connectivity index (χ0v) is 10.5. The van der Waals surface area contributed by atoms with E-state index in [0.717, 1.165) is 0 Å². The van der Waals surface area contributed by atoms with Gasteiger partial charge in [0.25, 0.3) is 0 Å². The number of nitrogens with zero attached hydrogens (tertiary/aromatic N) is 7. The summed E-state index contributed by atoms with van der Waals surface area (Å²) in [4.78, 5) is 15.7. The highest BCUT2D eigenvalue weighted by atomic mass is 16.5. The lowest BCUT2D eigenvalue weighted by molar-refractivity contribution is 0.0520. The highest BCUT2D eigenvalue weighted by molar-refractivity contribution is 5.92. The molecule has 3 rings (SSSR count). The van der Waals surface area contributed by atoms with Crippen LogP contribution in [0, 0.1) is 0 Å². The van der Waals surface area contributed by atoms with Gasteiger partial charge < -0.3 is 10.5 Å². The maximum absolute atomic E-state index is 11.7. The molecule has 2 N–H and O–H groups in total. The molecule has 0 unspecified atom stereocenters. The standard InChI is InChI=1S/C10H10N8O2/c1-2-20-10(19)9-6(11)5-17(14-9)8-4-12-3-7-13-15-16-18(7)8/h3-5H,2,11H2,1H3. The average Bonchev–Trinajstić information content (AvgIpc) is 3.04. The fraction of sp³-hybridized carbons (Fsp3) is 0.200. The molecule has 20 heavy (non-hydrogen) atoms. The van der Waals surface area contributed by atoms with Crippen LogP contribution in [0.25, 0.3) is 11.5 Å². The second kappa shape index (κ2) is 4.57. The molecule has 0 spiro atoms. The van der Waals surface area contributed by atoms with Crippen LogP contribution in [0.2, 0.25) is 0 Å². The van der Waals surface area contributed by atoms with Crippen molar-refractivity contribution >= 4 is 17.3 Å². The summed E-state index contributed by atoms with van der Waals surface area (Å²) in [6.07, 6.45) is 4.48. The molecule has 0 bridgehead atoms. The van der Waals surface area contributed by atoms with Gasteiger partial charge in [0.1, 0.15) is 0 Å². The van der Waals surface area contributed by atoms with Crippen molar-refractivity contribution in [2.75, 3.05) is 12.3 Å². The number of nitrogen functional groups attached to an aromatic ring is 1. The van der Waals surface area contributed by atoms with E-state index in [1.807, 2.05) is 0 Å². The van der Waals surface area contributed by atoms with E-state index in [9.17, 15) is 4.79 Å². The van der Waals surface area contributed by atoms with Crippen LogP contribution < -0.4 is 5.73 Å². The van der Waals surface area contributed by atoms with Gasteiger partial charge in [-0.2, -0.15) is 9.61 Å². The minimum atomic E-state index is -0.583. The van der Waals surface area contributed by atoms with E-state index in [1.54, 1.807) is 6.92 Å². The molecule has 0 amide bonds. The molecule has 0 aliphatic rings. The molecule has 0 fully saturated rings. The average molecular weight is 274 g/mol. The monoisotopic (exact) mass is 274 g/mol. The first-order valence-corrected chi connectivity index (χ1v) is 5.75. The predicted molar refractivity (Wildman–Crippen MR) is 66.1 cm³/mol. The molecule has 10 heteroatoms. The van der Waals surface area contributed by atoms with Crippen LogP contribution in [0.5, 0.6) is 0 Å². The minimum Gasteiger partial charge on any atom is -0.461 e. The number of esters is 1. The van der Waals surface area contributed by atoms with Gasteiger partial charge in [-0.15, -0.1) is 5.10 Å². The van der Waals surface area contributed by atoms with E-state index in [-0.39, 0.29) is 18.0 Å². The summed E-state index contributed by atoms with van der Waals surface area (Å²) in [5.41, 5.74) is 6.46. The van der Waals surface area contributed by atoms with Gasteiger partial charge in [0.05, 0.1) is 30.9 Å². The number of anilines is 1. The van der Waals surface area contributed by atoms with Crippen LogP contribution in [-0.2, 0) is 4.74 Å². The Labute approximate surface area is 112 Å². The molecule has 3 aromatic rings. The molecule has 0 aromatic carbocycles. The van der Waals surface area contributed by atoms with Crippen molar-refractivity contribution in [3.63, 3.8) is 0 Å². The largest absolute Gasteiger partial charge is 0.461 e. The summed E-state index contributed by atoms with van der Waals surface area (Å²) in [5.74, 6) is -0.129. The van der Waals surface area contributed by atoms with Crippen LogP contribution >= 0.6 is 0 Å². The summed E-state index contributed by atoms with van der Waals surface area (Å²) in [6.45, 7) is 1.95. The second-order valence-electron chi connectivity index (χ2n) is 3.81. The number of nitrogens with two attached hydrogens (primary N) is 1. The molecule has 0 aliphatic carbocycles. The lowest BCUT2D eigenvalue weighted by Gasteiger charge is -2.01. The van der Waals surface area contributed by atoms with Crippen LogP contribution in [0.1, 0.15) is 17.4 Å². The summed E-state index contributed by atoms with van der Waals surface area (Å²) in [6, 6.07) is 0. The third-order valence-corrected chi connectivity index (χ3v) is 2.54. The Kier molecular flexibility index (Phi) is 2.75. The van der Waals surface area contributed by atoms with Crippen molar-refractivity contribution in [1.29, 1.82) is 0 Å². The Morgan fingerprint density at radius 3 is 3.10 bits per heavy atom. The third-order valence-electron chi connectivity index (χ3n) is 2.54. The van der Waals surface area contributed by atoms with Gasteiger partial charge in [-0.1, -0.05) is 0 Å². The number of ether oxygens (including phenoxy) is 1. The highest BCUT2D eigenvalue weighted by Gasteiger charge is 2.18. The first kappa shape index (κ1) is 12.0. The van der Waals surface area contributed by atoms with Crippen LogP contribution in [-0.4, -0.2) is 47.4 Å². The fourth-order valence-corrected chi connectivity index (χ4v) is 1.68. The minimum absolute atomic E-state index is 0.0388. The molecule has 102 valence electrons. The zero-order chi connectivity index (χ0) is 14.1. The van der Waals surface area contributed by atoms with Crippen molar-refractivity contribution in [3.05, 3.63) is 24.3 Å². The molecule has 10 nitrogen and oxygen atoms in total. The van der Waals surface area contributed by atoms with Crippen molar-refractivity contribution in [2.45, 2.75) is 6.92 Å². The number of fused-ring (bicyclic) bond motifs is 1. The Morgan fingerprint density at radius 2 is 2.30 bits per heavy atom. The normalized spacial score (nSPS) is 10.8. The Hall–Kier alpha value is -3.04. The third kappa shape index (κ3) is 1.83. The molecule has 0 saturated heterocycles. The number of carbonyl (C=O) groups is 1. The predicted octanol–water partition coefficient (Wildman–Crippen LogP) is -0.536. The maximum atomic E-state index is 11.7. The Bertz CT molecular complexity index is 777. The van der Waals surface area contributed by atoms with E-state index in [1.165, 1.54) is 27.8 Å². The summed E-state index contributed by atoms with van der Waals surface area (Å²) < 4.78 is 7.67. The molecule has 3 aromatic heterocycles. The quantitative estimate of drug-likeness (QED) is 0.631. The van der Waals surface area contributed by atoms with Gasteiger partial charge in [0, 0.05) is 0 Å². The number of rotatable bonds is 3. The van der Waals surface area contributed by atoms with Crippen molar-refractivity contribution < 1.29 is 9.53 Å². The first-order chi connectivity index (χ1) is 9.70. The Morgan fingerprint density at radius 1 is 1.45 bits per heavy atom. The smallest absolute Gasteiger partial charge is 0.361 e. The van der Waals surface area contributed by atoms with E-state index >= 15 is 0 Å². The van der Waals surface area contributed by atoms with Crippen molar-refractivity contribution in [1.82, 2.24) is 34.8 Å². The number of carbonyl (C=O) groups excluding carboxylic acids is 1. The van der Waals surface area contributed by atoms with Gasteiger partial charge in [0.2, 0.25) is 0 Å². The van der Waals surface area contributed by atoms with Crippen LogP contribution in [0.4, 0.5) is 5.69 Å². The van der Waals surface area contributed by atoms with Gasteiger partial charge in [0.15, 0.2) is 17.2 Å². The molecule has 0 saturated carbocycles. The number of hydrogen-bond donors (Lipinski definition) is 1. The van der Waals surface area contributed by atoms with Gasteiger partial charge >= 0.3 is 5.97 Å². The lowest BCUT2D eigenvalue weighted by Crippen LogP contribution is -2.09. The summed E-state index contributed by atoms with van der Waals surface area (Å²) in [7, 11) is 0. The molecular formula is C10H10N8O2. The zero-order valence-electron chi connectivity index (χ0n) is 10.5. The van der Waals surface area contributed by atoms with E-state index in [2.05, 4.69) is 25.6 Å². The van der Waals surface area contributed by atoms with Crippen molar-refractivity contribution in [2.24, 2.45) is 0 Å². The van der Waals surface area contributed by atoms with Crippen LogP contribution in [0.3, 0.4) is 0 Å². The van der Waals surface area contributed by atoms with Crippen molar-refractivity contribution in [3.8, 4) is 5.82 Å². The van der Waals surface area contributed by atoms with Gasteiger partial charge in [-0.25, -0.2) is 9.48 Å². The topological polar surface area (TPSA) is 126 Å². The highest BCUT2D eigenvalue weighted by Crippen LogP contribution is 2.14.